The van der Waals surface area contributed by atoms with E-state index in [2.05, 4.69) is 67.8 Å². The molecule has 34 heavy (non-hydrogen) atoms. The van der Waals surface area contributed by atoms with E-state index in [0.717, 1.165) is 30.1 Å². The van der Waals surface area contributed by atoms with Gasteiger partial charge in [-0.2, -0.15) is 5.26 Å². The van der Waals surface area contributed by atoms with E-state index >= 15 is 0 Å². The number of nitriles is 1. The van der Waals surface area contributed by atoms with Gasteiger partial charge in [-0.1, -0.05) is 52.0 Å². The summed E-state index contributed by atoms with van der Waals surface area (Å²) in [7, 11) is 0. The second-order valence-electron chi connectivity index (χ2n) is 12.8. The Morgan fingerprint density at radius 3 is 2.21 bits per heavy atom. The second kappa shape index (κ2) is 9.04. The van der Waals surface area contributed by atoms with E-state index in [0.29, 0.717) is 16.7 Å². The number of piperazine rings is 1. The van der Waals surface area contributed by atoms with Gasteiger partial charge in [0.2, 0.25) is 0 Å². The molecular weight excluding hydrogens is 414 g/mol. The third-order valence-corrected chi connectivity index (χ3v) is 8.28. The zero-order chi connectivity index (χ0) is 23.9. The van der Waals surface area contributed by atoms with E-state index in [1.807, 2.05) is 18.2 Å². The average Bonchev–Trinajstić information content (AvgIpc) is 3.61. The second-order valence-corrected chi connectivity index (χ2v) is 12.8. The Morgan fingerprint density at radius 2 is 1.56 bits per heavy atom. The van der Waals surface area contributed by atoms with E-state index in [1.54, 1.807) is 0 Å². The van der Waals surface area contributed by atoms with E-state index in [-0.39, 0.29) is 0 Å². The zero-order valence-electron chi connectivity index (χ0n) is 21.6. The first-order chi connectivity index (χ1) is 16.2. The van der Waals surface area contributed by atoms with Crippen LogP contribution in [-0.4, -0.2) is 37.6 Å². The van der Waals surface area contributed by atoms with Gasteiger partial charge in [0.25, 0.3) is 0 Å². The van der Waals surface area contributed by atoms with Crippen LogP contribution in [0.4, 0.5) is 5.69 Å². The van der Waals surface area contributed by atoms with Gasteiger partial charge in [0.1, 0.15) is 0 Å². The normalized spacial score (nSPS) is 23.0. The van der Waals surface area contributed by atoms with Crippen LogP contribution < -0.4 is 4.90 Å². The Balaban J connectivity index is 1.48. The molecule has 3 aliphatic rings. The SMILES string of the molecule is CC1(C)CC(c2ccc(-c3cccc(C#N)c3)cc2N2CCN(CC3CC3)CC2)CC(C)(C)C1. The first-order valence-electron chi connectivity index (χ1n) is 13.3. The van der Waals surface area contributed by atoms with Crippen molar-refractivity contribution in [2.45, 2.75) is 65.7 Å². The average molecular weight is 456 g/mol. The highest BCUT2D eigenvalue weighted by Crippen LogP contribution is 2.53. The third-order valence-electron chi connectivity index (χ3n) is 8.28. The van der Waals surface area contributed by atoms with Crippen LogP contribution in [0, 0.1) is 28.1 Å². The van der Waals surface area contributed by atoms with Crippen LogP contribution in [-0.2, 0) is 0 Å². The van der Waals surface area contributed by atoms with Crippen molar-refractivity contribution < 1.29 is 0 Å². The summed E-state index contributed by atoms with van der Waals surface area (Å²) in [6.07, 6.45) is 6.68. The van der Waals surface area contributed by atoms with Gasteiger partial charge < -0.3 is 4.90 Å². The molecule has 3 nitrogen and oxygen atoms in total. The van der Waals surface area contributed by atoms with Gasteiger partial charge in [-0.15, -0.1) is 0 Å². The van der Waals surface area contributed by atoms with Gasteiger partial charge in [0.15, 0.2) is 0 Å². The van der Waals surface area contributed by atoms with Gasteiger partial charge in [0.05, 0.1) is 11.6 Å². The minimum atomic E-state index is 0.368. The van der Waals surface area contributed by atoms with Gasteiger partial charge in [0, 0.05) is 38.4 Å². The van der Waals surface area contributed by atoms with Crippen LogP contribution in [0.3, 0.4) is 0 Å². The highest BCUT2D eigenvalue weighted by atomic mass is 15.3. The lowest BCUT2D eigenvalue weighted by atomic mass is 9.60. The molecule has 1 aliphatic heterocycles. The summed E-state index contributed by atoms with van der Waals surface area (Å²) < 4.78 is 0. The maximum Gasteiger partial charge on any atom is 0.0991 e. The molecule has 0 spiro atoms. The van der Waals surface area contributed by atoms with E-state index in [4.69, 9.17) is 0 Å². The summed E-state index contributed by atoms with van der Waals surface area (Å²) in [5.74, 6) is 1.56. The fourth-order valence-corrected chi connectivity index (χ4v) is 7.01. The molecule has 0 amide bonds. The predicted molar refractivity (Wildman–Crippen MR) is 142 cm³/mol. The number of rotatable bonds is 5. The number of benzene rings is 2. The van der Waals surface area contributed by atoms with Crippen molar-refractivity contribution in [2.24, 2.45) is 16.7 Å². The summed E-state index contributed by atoms with van der Waals surface area (Å²) in [6.45, 7) is 15.7. The lowest BCUT2D eigenvalue weighted by Crippen LogP contribution is -2.47. The molecule has 2 aromatic carbocycles. The molecule has 0 bridgehead atoms. The first kappa shape index (κ1) is 23.4. The van der Waals surface area contributed by atoms with Crippen LogP contribution in [0.25, 0.3) is 11.1 Å². The third kappa shape index (κ3) is 5.33. The highest BCUT2D eigenvalue weighted by molar-refractivity contribution is 5.72. The van der Waals surface area contributed by atoms with Crippen molar-refractivity contribution in [3.63, 3.8) is 0 Å². The Labute approximate surface area is 206 Å². The van der Waals surface area contributed by atoms with Crippen molar-refractivity contribution >= 4 is 5.69 Å². The Kier molecular flexibility index (Phi) is 6.23. The molecule has 1 saturated heterocycles. The minimum Gasteiger partial charge on any atom is -0.369 e. The summed E-state index contributed by atoms with van der Waals surface area (Å²) in [6, 6.07) is 17.5. The maximum atomic E-state index is 9.41. The predicted octanol–water partition coefficient (Wildman–Crippen LogP) is 7.08. The summed E-state index contributed by atoms with van der Waals surface area (Å²) in [5.41, 5.74) is 6.81. The molecule has 0 aromatic heterocycles. The Bertz CT molecular complexity index is 1050. The quantitative estimate of drug-likeness (QED) is 0.483. The van der Waals surface area contributed by atoms with E-state index in [1.165, 1.54) is 68.6 Å². The highest BCUT2D eigenvalue weighted by Gasteiger charge is 2.40. The maximum absolute atomic E-state index is 9.41. The van der Waals surface area contributed by atoms with Crippen molar-refractivity contribution in [1.82, 2.24) is 4.90 Å². The molecule has 1 heterocycles. The molecule has 0 radical (unpaired) electrons. The van der Waals surface area contributed by atoms with Gasteiger partial charge in [-0.3, -0.25) is 4.90 Å². The van der Waals surface area contributed by atoms with Gasteiger partial charge in [-0.05, 0) is 89.7 Å². The molecule has 3 heteroatoms. The smallest absolute Gasteiger partial charge is 0.0991 e. The largest absolute Gasteiger partial charge is 0.369 e. The lowest BCUT2D eigenvalue weighted by molar-refractivity contribution is 0.0970. The lowest BCUT2D eigenvalue weighted by Gasteiger charge is -2.46. The standard InChI is InChI=1S/C31H41N3/c1-30(2)18-27(19-31(3,4)22-30)28-11-10-26(25-7-5-6-24(16-25)20-32)17-29(28)34-14-12-33(13-15-34)21-23-8-9-23/h5-7,10-11,16-17,23,27H,8-9,12-15,18-19,21-22H2,1-4H3. The molecule has 3 fully saturated rings. The molecule has 0 atom stereocenters. The topological polar surface area (TPSA) is 30.3 Å². The number of hydrogen-bond acceptors (Lipinski definition) is 3. The van der Waals surface area contributed by atoms with Crippen LogP contribution in [0.1, 0.15) is 76.8 Å². The number of hydrogen-bond donors (Lipinski definition) is 0. The Hall–Kier alpha value is -2.31. The van der Waals surface area contributed by atoms with Crippen LogP contribution in [0.5, 0.6) is 0 Å². The zero-order valence-corrected chi connectivity index (χ0v) is 21.6. The monoisotopic (exact) mass is 455 g/mol. The van der Waals surface area contributed by atoms with Gasteiger partial charge >= 0.3 is 0 Å². The van der Waals surface area contributed by atoms with Crippen LogP contribution in [0.2, 0.25) is 0 Å². The summed E-state index contributed by atoms with van der Waals surface area (Å²) in [4.78, 5) is 5.34. The molecule has 0 unspecified atom stereocenters. The van der Waals surface area contributed by atoms with Crippen molar-refractivity contribution in [3.05, 3.63) is 53.6 Å². The fraction of sp³-hybridized carbons (Fsp3) is 0.581. The molecule has 2 aliphatic carbocycles. The van der Waals surface area contributed by atoms with Crippen molar-refractivity contribution in [2.75, 3.05) is 37.6 Å². The number of nitrogens with zero attached hydrogens (tertiary/aromatic N) is 3. The minimum absolute atomic E-state index is 0.368. The van der Waals surface area contributed by atoms with Crippen molar-refractivity contribution in [1.29, 1.82) is 5.26 Å². The molecule has 180 valence electrons. The first-order valence-corrected chi connectivity index (χ1v) is 13.3. The number of anilines is 1. The van der Waals surface area contributed by atoms with Crippen LogP contribution >= 0.6 is 0 Å². The molecule has 2 saturated carbocycles. The summed E-state index contributed by atoms with van der Waals surface area (Å²) in [5, 5.41) is 9.41. The van der Waals surface area contributed by atoms with Crippen LogP contribution in [0.15, 0.2) is 42.5 Å². The molecule has 5 rings (SSSR count). The molecular formula is C31H41N3. The van der Waals surface area contributed by atoms with Gasteiger partial charge in [-0.25, -0.2) is 0 Å². The molecule has 0 N–H and O–H groups in total. The van der Waals surface area contributed by atoms with E-state index < -0.39 is 0 Å². The Morgan fingerprint density at radius 1 is 0.882 bits per heavy atom. The fourth-order valence-electron chi connectivity index (χ4n) is 7.01. The molecule has 2 aromatic rings. The van der Waals surface area contributed by atoms with Crippen molar-refractivity contribution in [3.8, 4) is 17.2 Å². The summed E-state index contributed by atoms with van der Waals surface area (Å²) >= 11 is 0. The van der Waals surface area contributed by atoms with E-state index in [9.17, 15) is 5.26 Å².